The van der Waals surface area contributed by atoms with Crippen LogP contribution >= 0.6 is 31.9 Å². The Bertz CT molecular complexity index is 746. The highest BCUT2D eigenvalue weighted by Crippen LogP contribution is 2.37. The van der Waals surface area contributed by atoms with Crippen LogP contribution in [0, 0.1) is 17.2 Å². The molecule has 2 rings (SSSR count). The minimum Gasteiger partial charge on any atom is -0.310 e. The lowest BCUT2D eigenvalue weighted by atomic mass is 10.1. The van der Waals surface area contributed by atoms with Crippen molar-refractivity contribution >= 4 is 53.7 Å². The Balaban J connectivity index is 2.36. The first kappa shape index (κ1) is 16.4. The van der Waals surface area contributed by atoms with Gasteiger partial charge in [0.25, 0.3) is 0 Å². The smallest absolute Gasteiger partial charge is 0.302 e. The second kappa shape index (κ2) is 6.02. The minimum atomic E-state index is -4.63. The van der Waals surface area contributed by atoms with Gasteiger partial charge in [-0.15, -0.1) is 3.89 Å². The molecule has 0 aliphatic carbocycles. The van der Waals surface area contributed by atoms with Crippen molar-refractivity contribution in [2.45, 2.75) is 6.42 Å². The van der Waals surface area contributed by atoms with Gasteiger partial charge in [0.05, 0.1) is 17.0 Å². The zero-order chi connectivity index (χ0) is 15.8. The monoisotopic (exact) mass is 438 g/mol. The van der Waals surface area contributed by atoms with Crippen LogP contribution in [0.1, 0.15) is 12.0 Å². The SMILES string of the molecule is N#Cc1cc(Br)cc(Br)c1N1CC(CS(=O)(=O)F)CC1=O. The lowest BCUT2D eigenvalue weighted by Gasteiger charge is -2.20. The molecule has 1 amide bonds. The Morgan fingerprint density at radius 2 is 2.10 bits per heavy atom. The van der Waals surface area contributed by atoms with Crippen LogP contribution < -0.4 is 4.90 Å². The average Bonchev–Trinajstić information content (AvgIpc) is 2.66. The van der Waals surface area contributed by atoms with Gasteiger partial charge in [0.2, 0.25) is 5.91 Å². The second-order valence-corrected chi connectivity index (χ2v) is 7.86. The zero-order valence-corrected chi connectivity index (χ0v) is 14.5. The van der Waals surface area contributed by atoms with E-state index in [9.17, 15) is 22.4 Å². The fourth-order valence-electron chi connectivity index (χ4n) is 2.32. The lowest BCUT2D eigenvalue weighted by Crippen LogP contribution is -2.26. The molecule has 1 atom stereocenters. The van der Waals surface area contributed by atoms with E-state index in [0.717, 1.165) is 0 Å². The minimum absolute atomic E-state index is 0.0590. The summed E-state index contributed by atoms with van der Waals surface area (Å²) in [6.07, 6.45) is -0.0590. The van der Waals surface area contributed by atoms with E-state index >= 15 is 0 Å². The van der Waals surface area contributed by atoms with Gasteiger partial charge in [0, 0.05) is 27.8 Å². The molecule has 1 aliphatic rings. The summed E-state index contributed by atoms with van der Waals surface area (Å²) in [5.41, 5.74) is 0.651. The second-order valence-electron chi connectivity index (χ2n) is 4.68. The van der Waals surface area contributed by atoms with Crippen LogP contribution in [0.2, 0.25) is 0 Å². The van der Waals surface area contributed by atoms with Crippen LogP contribution in [-0.4, -0.2) is 26.6 Å². The first-order valence-electron chi connectivity index (χ1n) is 5.83. The standard InChI is InChI=1S/C12H9Br2FN2O3S/c13-9-2-8(4-16)12(10(14)3-9)17-5-7(1-11(17)18)6-21(15,19)20/h2-3,7H,1,5-6H2. The first-order chi connectivity index (χ1) is 9.71. The van der Waals surface area contributed by atoms with E-state index in [-0.39, 0.29) is 24.4 Å². The Kier molecular flexibility index (Phi) is 4.70. The zero-order valence-electron chi connectivity index (χ0n) is 10.5. The molecule has 5 nitrogen and oxygen atoms in total. The van der Waals surface area contributed by atoms with E-state index in [4.69, 9.17) is 0 Å². The van der Waals surface area contributed by atoms with Gasteiger partial charge in [-0.25, -0.2) is 0 Å². The molecule has 0 aromatic heterocycles. The van der Waals surface area contributed by atoms with Crippen molar-refractivity contribution in [1.29, 1.82) is 5.26 Å². The van der Waals surface area contributed by atoms with Crippen molar-refractivity contribution in [3.63, 3.8) is 0 Å². The number of halogens is 3. The molecule has 1 heterocycles. The van der Waals surface area contributed by atoms with Crippen LogP contribution in [0.3, 0.4) is 0 Å². The first-order valence-corrected chi connectivity index (χ1v) is 8.97. The summed E-state index contributed by atoms with van der Waals surface area (Å²) in [4.78, 5) is 13.4. The number of nitriles is 1. The molecule has 0 bridgehead atoms. The van der Waals surface area contributed by atoms with Gasteiger partial charge >= 0.3 is 10.2 Å². The van der Waals surface area contributed by atoms with Crippen LogP contribution in [0.4, 0.5) is 9.57 Å². The van der Waals surface area contributed by atoms with E-state index in [2.05, 4.69) is 31.9 Å². The maximum atomic E-state index is 12.7. The van der Waals surface area contributed by atoms with Gasteiger partial charge in [-0.1, -0.05) is 15.9 Å². The maximum absolute atomic E-state index is 12.7. The number of hydrogen-bond donors (Lipinski definition) is 0. The number of carbonyl (C=O) groups excluding carboxylic acids is 1. The van der Waals surface area contributed by atoms with Gasteiger partial charge in [0.1, 0.15) is 6.07 Å². The number of anilines is 1. The molecule has 112 valence electrons. The third-order valence-corrected chi connectivity index (χ3v) is 4.99. The summed E-state index contributed by atoms with van der Waals surface area (Å²) < 4.78 is 35.4. The molecule has 1 unspecified atom stereocenters. The van der Waals surface area contributed by atoms with Crippen LogP contribution in [0.25, 0.3) is 0 Å². The molecule has 1 aromatic rings. The van der Waals surface area contributed by atoms with E-state index in [1.54, 1.807) is 12.1 Å². The number of nitrogens with zero attached hydrogens (tertiary/aromatic N) is 2. The highest BCUT2D eigenvalue weighted by atomic mass is 79.9. The average molecular weight is 440 g/mol. The Hall–Kier alpha value is -0.980. The topological polar surface area (TPSA) is 78.2 Å². The van der Waals surface area contributed by atoms with E-state index < -0.39 is 21.9 Å². The van der Waals surface area contributed by atoms with Crippen molar-refractivity contribution in [2.24, 2.45) is 5.92 Å². The third kappa shape index (κ3) is 3.81. The predicted molar refractivity (Wildman–Crippen MR) is 81.9 cm³/mol. The van der Waals surface area contributed by atoms with E-state index in [1.807, 2.05) is 6.07 Å². The maximum Gasteiger partial charge on any atom is 0.302 e. The third-order valence-electron chi connectivity index (χ3n) is 3.06. The Labute approximate surface area is 138 Å². The molecule has 1 fully saturated rings. The van der Waals surface area contributed by atoms with E-state index in [0.29, 0.717) is 14.6 Å². The summed E-state index contributed by atoms with van der Waals surface area (Å²) in [6.45, 7) is 0.0664. The van der Waals surface area contributed by atoms with E-state index in [1.165, 1.54) is 4.90 Å². The van der Waals surface area contributed by atoms with Crippen LogP contribution in [0.5, 0.6) is 0 Å². The number of amides is 1. The fourth-order valence-corrected chi connectivity index (χ4v) is 4.54. The number of hydrogen-bond acceptors (Lipinski definition) is 4. The van der Waals surface area contributed by atoms with Crippen molar-refractivity contribution in [2.75, 3.05) is 17.2 Å². The van der Waals surface area contributed by atoms with Gasteiger partial charge < -0.3 is 4.90 Å². The molecular formula is C12H9Br2FN2O3S. The van der Waals surface area contributed by atoms with Crippen molar-refractivity contribution < 1.29 is 17.1 Å². The summed E-state index contributed by atoms with van der Waals surface area (Å²) >= 11 is 6.54. The predicted octanol–water partition coefficient (Wildman–Crippen LogP) is 2.74. The molecule has 0 spiro atoms. The van der Waals surface area contributed by atoms with Crippen molar-refractivity contribution in [3.8, 4) is 6.07 Å². The molecule has 0 N–H and O–H groups in total. The summed E-state index contributed by atoms with van der Waals surface area (Å²) in [7, 11) is -4.63. The normalized spacial score (nSPS) is 18.9. The van der Waals surface area contributed by atoms with Crippen molar-refractivity contribution in [3.05, 3.63) is 26.6 Å². The van der Waals surface area contributed by atoms with Gasteiger partial charge in [-0.3, -0.25) is 4.79 Å². The molecule has 1 saturated heterocycles. The molecule has 1 aromatic carbocycles. The summed E-state index contributed by atoms with van der Waals surface area (Å²) in [5.74, 6) is -1.64. The molecule has 0 saturated carbocycles. The lowest BCUT2D eigenvalue weighted by molar-refractivity contribution is -0.117. The van der Waals surface area contributed by atoms with Gasteiger partial charge in [-0.2, -0.15) is 13.7 Å². The number of carbonyl (C=O) groups is 1. The van der Waals surface area contributed by atoms with Crippen LogP contribution in [-0.2, 0) is 15.0 Å². The molecule has 0 radical (unpaired) electrons. The highest BCUT2D eigenvalue weighted by Gasteiger charge is 2.35. The van der Waals surface area contributed by atoms with Gasteiger partial charge in [-0.05, 0) is 28.1 Å². The molecule has 9 heteroatoms. The molecular weight excluding hydrogens is 431 g/mol. The largest absolute Gasteiger partial charge is 0.310 e. The summed E-state index contributed by atoms with van der Waals surface area (Å²) in [5, 5.41) is 9.18. The molecule has 21 heavy (non-hydrogen) atoms. The molecule has 1 aliphatic heterocycles. The Morgan fingerprint density at radius 3 is 2.67 bits per heavy atom. The quantitative estimate of drug-likeness (QED) is 0.678. The van der Waals surface area contributed by atoms with Crippen molar-refractivity contribution in [1.82, 2.24) is 0 Å². The number of rotatable bonds is 3. The number of benzene rings is 1. The Morgan fingerprint density at radius 1 is 1.43 bits per heavy atom. The fraction of sp³-hybridized carbons (Fsp3) is 0.333. The van der Waals surface area contributed by atoms with Crippen LogP contribution in [0.15, 0.2) is 21.1 Å². The highest BCUT2D eigenvalue weighted by molar-refractivity contribution is 9.11. The van der Waals surface area contributed by atoms with Gasteiger partial charge in [0.15, 0.2) is 0 Å². The summed E-state index contributed by atoms with van der Waals surface area (Å²) in [6, 6.07) is 5.24.